The van der Waals surface area contributed by atoms with E-state index in [0.29, 0.717) is 0 Å². The van der Waals surface area contributed by atoms with E-state index < -0.39 is 0 Å². The van der Waals surface area contributed by atoms with Crippen LogP contribution in [-0.2, 0) is 0 Å². The van der Waals surface area contributed by atoms with Crippen molar-refractivity contribution in [2.75, 3.05) is 6.54 Å². The van der Waals surface area contributed by atoms with Crippen LogP contribution in [0.3, 0.4) is 0 Å². The largest absolute Gasteiger partial charge is 0.306 e. The van der Waals surface area contributed by atoms with E-state index in [1.807, 2.05) is 6.07 Å². The molecule has 1 N–H and O–H groups in total. The number of aryl methyl sites for hydroxylation is 3. The first-order chi connectivity index (χ1) is 9.04. The minimum Gasteiger partial charge on any atom is -0.306 e. The van der Waals surface area contributed by atoms with Crippen molar-refractivity contribution < 1.29 is 0 Å². The lowest BCUT2D eigenvalue weighted by atomic mass is 9.95. The Morgan fingerprint density at radius 3 is 2.42 bits per heavy atom. The molecule has 102 valence electrons. The van der Waals surface area contributed by atoms with Gasteiger partial charge in [-0.25, -0.2) is 0 Å². The molecule has 1 atom stereocenters. The van der Waals surface area contributed by atoms with Crippen LogP contribution in [0.4, 0.5) is 0 Å². The summed E-state index contributed by atoms with van der Waals surface area (Å²) >= 11 is 8.03. The highest BCUT2D eigenvalue weighted by Crippen LogP contribution is 2.35. The van der Waals surface area contributed by atoms with Gasteiger partial charge in [0.05, 0.1) is 11.1 Å². The smallest absolute Gasteiger partial charge is 0.0688 e. The van der Waals surface area contributed by atoms with Crippen LogP contribution in [0, 0.1) is 20.8 Å². The zero-order chi connectivity index (χ0) is 14.0. The highest BCUT2D eigenvalue weighted by molar-refractivity contribution is 7.10. The maximum atomic E-state index is 6.31. The molecule has 1 nitrogen and oxygen atoms in total. The van der Waals surface area contributed by atoms with E-state index in [9.17, 15) is 0 Å². The van der Waals surface area contributed by atoms with Crippen molar-refractivity contribution in [2.45, 2.75) is 33.7 Å². The van der Waals surface area contributed by atoms with Crippen molar-refractivity contribution in [3.63, 3.8) is 0 Å². The first kappa shape index (κ1) is 14.6. The quantitative estimate of drug-likeness (QED) is 0.834. The van der Waals surface area contributed by atoms with Gasteiger partial charge in [0, 0.05) is 4.88 Å². The molecule has 19 heavy (non-hydrogen) atoms. The molecule has 0 saturated carbocycles. The molecule has 0 aliphatic rings. The number of halogens is 1. The fraction of sp³-hybridized carbons (Fsp3) is 0.375. The first-order valence-corrected chi connectivity index (χ1v) is 7.84. The van der Waals surface area contributed by atoms with Crippen LogP contribution in [0.5, 0.6) is 0 Å². The normalized spacial score (nSPS) is 12.7. The summed E-state index contributed by atoms with van der Waals surface area (Å²) in [5.41, 5.74) is 5.32. The van der Waals surface area contributed by atoms with Gasteiger partial charge in [0.2, 0.25) is 0 Å². The van der Waals surface area contributed by atoms with Crippen LogP contribution >= 0.6 is 22.9 Å². The van der Waals surface area contributed by atoms with Gasteiger partial charge in [0.25, 0.3) is 0 Å². The second kappa shape index (κ2) is 6.08. The molecule has 0 saturated heterocycles. The fourth-order valence-corrected chi connectivity index (χ4v) is 3.61. The summed E-state index contributed by atoms with van der Waals surface area (Å²) in [5.74, 6) is 0. The number of rotatable bonds is 4. The lowest BCUT2D eigenvalue weighted by molar-refractivity contribution is 0.636. The molecule has 0 fully saturated rings. The summed E-state index contributed by atoms with van der Waals surface area (Å²) in [6.07, 6.45) is 0. The van der Waals surface area contributed by atoms with Crippen molar-refractivity contribution in [3.05, 3.63) is 55.7 Å². The van der Waals surface area contributed by atoms with E-state index in [1.54, 1.807) is 11.3 Å². The maximum absolute atomic E-state index is 6.31. The SMILES string of the molecule is CCNC(c1cc(C)c(C)cc1C)c1sccc1Cl. The van der Waals surface area contributed by atoms with E-state index in [-0.39, 0.29) is 6.04 Å². The van der Waals surface area contributed by atoms with E-state index in [1.165, 1.54) is 27.1 Å². The molecular weight excluding hydrogens is 274 g/mol. The first-order valence-electron chi connectivity index (χ1n) is 6.58. The number of nitrogens with one attached hydrogen (secondary N) is 1. The predicted octanol–water partition coefficient (Wildman–Crippen LogP) is 5.03. The second-order valence-corrected chi connectivity index (χ2v) is 6.27. The van der Waals surface area contributed by atoms with E-state index in [4.69, 9.17) is 11.6 Å². The van der Waals surface area contributed by atoms with Gasteiger partial charge in [-0.2, -0.15) is 0 Å². The maximum Gasteiger partial charge on any atom is 0.0688 e. The Bertz CT molecular complexity index is 574. The van der Waals surface area contributed by atoms with Crippen molar-refractivity contribution in [1.29, 1.82) is 0 Å². The summed E-state index contributed by atoms with van der Waals surface area (Å²) in [6, 6.07) is 6.71. The van der Waals surface area contributed by atoms with E-state index in [2.05, 4.69) is 50.5 Å². The van der Waals surface area contributed by atoms with Gasteiger partial charge in [0.15, 0.2) is 0 Å². The molecule has 2 rings (SSSR count). The third-order valence-electron chi connectivity index (χ3n) is 3.51. The van der Waals surface area contributed by atoms with Gasteiger partial charge in [-0.15, -0.1) is 11.3 Å². The molecule has 2 aromatic rings. The van der Waals surface area contributed by atoms with Gasteiger partial charge in [0.1, 0.15) is 0 Å². The Balaban J connectivity index is 2.51. The predicted molar refractivity (Wildman–Crippen MR) is 85.5 cm³/mol. The Morgan fingerprint density at radius 2 is 1.84 bits per heavy atom. The molecular formula is C16H20ClNS. The van der Waals surface area contributed by atoms with Crippen LogP contribution < -0.4 is 5.32 Å². The summed E-state index contributed by atoms with van der Waals surface area (Å²) in [6.45, 7) is 9.55. The lowest BCUT2D eigenvalue weighted by Gasteiger charge is -2.21. The highest BCUT2D eigenvalue weighted by Gasteiger charge is 2.19. The molecule has 1 heterocycles. The molecule has 1 unspecified atom stereocenters. The standard InChI is InChI=1S/C16H20ClNS/c1-5-18-15(16-14(17)6-7-19-16)13-9-11(3)10(2)8-12(13)4/h6-9,15,18H,5H2,1-4H3. The van der Waals surface area contributed by atoms with E-state index >= 15 is 0 Å². The van der Waals surface area contributed by atoms with Gasteiger partial charge in [-0.3, -0.25) is 0 Å². The third-order valence-corrected chi connectivity index (χ3v) is 4.93. The third kappa shape index (κ3) is 3.02. The zero-order valence-corrected chi connectivity index (χ0v) is 13.5. The summed E-state index contributed by atoms with van der Waals surface area (Å²) < 4.78 is 0. The molecule has 3 heteroatoms. The van der Waals surface area contributed by atoms with Crippen LogP contribution in [-0.4, -0.2) is 6.54 Å². The van der Waals surface area contributed by atoms with Crippen molar-refractivity contribution in [2.24, 2.45) is 0 Å². The molecule has 0 aliphatic carbocycles. The molecule has 1 aromatic heterocycles. The Labute approximate surface area is 124 Å². The minimum atomic E-state index is 0.191. The molecule has 0 spiro atoms. The average Bonchev–Trinajstić information content (AvgIpc) is 2.77. The van der Waals surface area contributed by atoms with Crippen molar-refractivity contribution in [3.8, 4) is 0 Å². The van der Waals surface area contributed by atoms with Gasteiger partial charge >= 0.3 is 0 Å². The topological polar surface area (TPSA) is 12.0 Å². The Morgan fingerprint density at radius 1 is 1.16 bits per heavy atom. The minimum absolute atomic E-state index is 0.191. The fourth-order valence-electron chi connectivity index (χ4n) is 2.35. The second-order valence-electron chi connectivity index (χ2n) is 4.92. The lowest BCUT2D eigenvalue weighted by Crippen LogP contribution is -2.22. The molecule has 0 radical (unpaired) electrons. The van der Waals surface area contributed by atoms with Gasteiger partial charge in [-0.05, 0) is 61.0 Å². The van der Waals surface area contributed by atoms with Crippen molar-refractivity contribution in [1.82, 2.24) is 5.32 Å². The Hall–Kier alpha value is -0.830. The monoisotopic (exact) mass is 293 g/mol. The van der Waals surface area contributed by atoms with Crippen molar-refractivity contribution >= 4 is 22.9 Å². The summed E-state index contributed by atoms with van der Waals surface area (Å²) in [7, 11) is 0. The van der Waals surface area contributed by atoms with Crippen LogP contribution in [0.25, 0.3) is 0 Å². The highest BCUT2D eigenvalue weighted by atomic mass is 35.5. The Kier molecular flexibility index (Phi) is 4.67. The number of benzene rings is 1. The zero-order valence-electron chi connectivity index (χ0n) is 11.9. The van der Waals surface area contributed by atoms with Gasteiger partial charge < -0.3 is 5.32 Å². The van der Waals surface area contributed by atoms with Crippen LogP contribution in [0.2, 0.25) is 5.02 Å². The van der Waals surface area contributed by atoms with Gasteiger partial charge in [-0.1, -0.05) is 30.7 Å². The summed E-state index contributed by atoms with van der Waals surface area (Å²) in [4.78, 5) is 1.20. The van der Waals surface area contributed by atoms with E-state index in [0.717, 1.165) is 11.6 Å². The number of hydrogen-bond donors (Lipinski definition) is 1. The molecule has 0 aliphatic heterocycles. The van der Waals surface area contributed by atoms with Crippen LogP contribution in [0.15, 0.2) is 23.6 Å². The van der Waals surface area contributed by atoms with Crippen LogP contribution in [0.1, 0.15) is 40.1 Å². The number of thiophene rings is 1. The average molecular weight is 294 g/mol. The molecule has 1 aromatic carbocycles. The number of hydrogen-bond acceptors (Lipinski definition) is 2. The summed E-state index contributed by atoms with van der Waals surface area (Å²) in [5, 5.41) is 6.46. The molecule has 0 bridgehead atoms. The molecule has 0 amide bonds.